The molecule has 1 aliphatic rings. The molecule has 0 radical (unpaired) electrons. The number of rotatable bonds is 5. The van der Waals surface area contributed by atoms with Crippen LogP contribution in [0.5, 0.6) is 0 Å². The highest BCUT2D eigenvalue weighted by Crippen LogP contribution is 2.43. The van der Waals surface area contributed by atoms with Crippen molar-refractivity contribution in [3.63, 3.8) is 0 Å². The van der Waals surface area contributed by atoms with Gasteiger partial charge in [0, 0.05) is 11.5 Å². The minimum atomic E-state index is 0.00970. The number of benzene rings is 2. The van der Waals surface area contributed by atoms with Gasteiger partial charge in [-0.15, -0.1) is 0 Å². The van der Waals surface area contributed by atoms with Crippen molar-refractivity contribution in [2.24, 2.45) is 0 Å². The van der Waals surface area contributed by atoms with E-state index < -0.39 is 0 Å². The summed E-state index contributed by atoms with van der Waals surface area (Å²) in [5.41, 5.74) is 2.80. The van der Waals surface area contributed by atoms with Crippen LogP contribution in [0.3, 0.4) is 0 Å². The normalized spacial score (nSPS) is 19.7. The summed E-state index contributed by atoms with van der Waals surface area (Å²) in [7, 11) is 0. The van der Waals surface area contributed by atoms with Gasteiger partial charge in [0.05, 0.1) is 0 Å². The van der Waals surface area contributed by atoms with Crippen LogP contribution in [0.25, 0.3) is 0 Å². The van der Waals surface area contributed by atoms with E-state index in [2.05, 4.69) is 91.6 Å². The summed E-state index contributed by atoms with van der Waals surface area (Å²) < 4.78 is 0. The molecule has 1 atom stereocenters. The van der Waals surface area contributed by atoms with Crippen molar-refractivity contribution in [3.8, 4) is 0 Å². The van der Waals surface area contributed by atoms with E-state index in [1.54, 1.807) is 0 Å². The summed E-state index contributed by atoms with van der Waals surface area (Å²) >= 11 is 0. The van der Waals surface area contributed by atoms with Crippen LogP contribution in [0.1, 0.15) is 31.4 Å². The molecule has 0 bridgehead atoms. The van der Waals surface area contributed by atoms with Crippen LogP contribution >= 0.6 is 0 Å². The Balaban J connectivity index is 2.03. The smallest absolute Gasteiger partial charge is 0.0400 e. The highest BCUT2D eigenvalue weighted by molar-refractivity contribution is 5.47. The molecule has 1 nitrogen and oxygen atoms in total. The number of allylic oxidation sites excluding steroid dienone is 1. The van der Waals surface area contributed by atoms with E-state index in [1.165, 1.54) is 11.1 Å². The van der Waals surface area contributed by atoms with Crippen molar-refractivity contribution in [3.05, 3.63) is 83.9 Å². The number of hydrogen-bond donors (Lipinski definition) is 0. The lowest BCUT2D eigenvalue weighted by Crippen LogP contribution is -2.36. The van der Waals surface area contributed by atoms with Crippen LogP contribution in [0, 0.1) is 0 Å². The van der Waals surface area contributed by atoms with Crippen molar-refractivity contribution in [1.29, 1.82) is 0 Å². The molecule has 0 spiro atoms. The molecule has 2 aromatic rings. The van der Waals surface area contributed by atoms with Gasteiger partial charge in [-0.1, -0.05) is 86.7 Å². The first kappa shape index (κ1) is 15.1. The first-order chi connectivity index (χ1) is 10.8. The van der Waals surface area contributed by atoms with Crippen molar-refractivity contribution in [2.75, 3.05) is 13.1 Å². The van der Waals surface area contributed by atoms with E-state index in [4.69, 9.17) is 0 Å². The predicted molar refractivity (Wildman–Crippen MR) is 94.1 cm³/mol. The van der Waals surface area contributed by atoms with Gasteiger partial charge in [-0.05, 0) is 30.6 Å². The molecule has 114 valence electrons. The fraction of sp³-hybridized carbons (Fsp3) is 0.333. The Morgan fingerprint density at radius 2 is 1.36 bits per heavy atom. The maximum Gasteiger partial charge on any atom is 0.0400 e. The second kappa shape index (κ2) is 6.50. The molecule has 1 unspecified atom stereocenters. The molecule has 0 aliphatic heterocycles. The topological polar surface area (TPSA) is 3.24 Å². The SMILES string of the molecule is CCN(CC)C1C=CC(c2ccccc2)(c2ccccc2)C1. The van der Waals surface area contributed by atoms with Crippen LogP contribution in [-0.4, -0.2) is 24.0 Å². The van der Waals surface area contributed by atoms with E-state index in [0.29, 0.717) is 6.04 Å². The van der Waals surface area contributed by atoms with E-state index in [0.717, 1.165) is 19.5 Å². The van der Waals surface area contributed by atoms with Gasteiger partial charge in [0.2, 0.25) is 0 Å². The summed E-state index contributed by atoms with van der Waals surface area (Å²) in [4.78, 5) is 2.55. The number of hydrogen-bond acceptors (Lipinski definition) is 1. The second-order valence-corrected chi connectivity index (χ2v) is 6.06. The molecule has 2 aromatic carbocycles. The molecule has 0 fully saturated rings. The van der Waals surface area contributed by atoms with E-state index in [-0.39, 0.29) is 5.41 Å². The zero-order valence-electron chi connectivity index (χ0n) is 13.6. The van der Waals surface area contributed by atoms with E-state index >= 15 is 0 Å². The molecule has 0 heterocycles. The zero-order valence-corrected chi connectivity index (χ0v) is 13.6. The number of nitrogens with zero attached hydrogens (tertiary/aromatic N) is 1. The monoisotopic (exact) mass is 291 g/mol. The average molecular weight is 291 g/mol. The van der Waals surface area contributed by atoms with Gasteiger partial charge in [-0.2, -0.15) is 0 Å². The van der Waals surface area contributed by atoms with Gasteiger partial charge in [-0.25, -0.2) is 0 Å². The first-order valence-corrected chi connectivity index (χ1v) is 8.34. The minimum Gasteiger partial charge on any atom is -0.297 e. The third-order valence-electron chi connectivity index (χ3n) is 4.99. The maximum absolute atomic E-state index is 2.55. The molecular formula is C21H25N. The predicted octanol–water partition coefficient (Wildman–Crippen LogP) is 4.64. The lowest BCUT2D eigenvalue weighted by Gasteiger charge is -2.33. The van der Waals surface area contributed by atoms with Gasteiger partial charge < -0.3 is 0 Å². The fourth-order valence-electron chi connectivity index (χ4n) is 3.75. The first-order valence-electron chi connectivity index (χ1n) is 8.34. The minimum absolute atomic E-state index is 0.00970. The Labute approximate surface area is 134 Å². The van der Waals surface area contributed by atoms with E-state index in [1.807, 2.05) is 0 Å². The van der Waals surface area contributed by atoms with Gasteiger partial charge in [0.15, 0.2) is 0 Å². The average Bonchev–Trinajstić information content (AvgIpc) is 3.04. The van der Waals surface area contributed by atoms with Gasteiger partial charge in [0.25, 0.3) is 0 Å². The molecular weight excluding hydrogens is 266 g/mol. The molecule has 0 saturated heterocycles. The van der Waals surface area contributed by atoms with Crippen LogP contribution in [0.4, 0.5) is 0 Å². The summed E-state index contributed by atoms with van der Waals surface area (Å²) in [6, 6.07) is 22.4. The molecule has 0 N–H and O–H groups in total. The van der Waals surface area contributed by atoms with Crippen molar-refractivity contribution >= 4 is 0 Å². The Hall–Kier alpha value is -1.86. The Morgan fingerprint density at radius 3 is 1.82 bits per heavy atom. The molecule has 0 amide bonds. The van der Waals surface area contributed by atoms with E-state index in [9.17, 15) is 0 Å². The standard InChI is InChI=1S/C21H25N/c1-3-22(4-2)20-15-16-21(17-20,18-11-7-5-8-12-18)19-13-9-6-10-14-19/h5-16,20H,3-4,17H2,1-2H3. The Kier molecular flexibility index (Phi) is 4.44. The lowest BCUT2D eigenvalue weighted by molar-refractivity contribution is 0.239. The molecule has 1 aliphatic carbocycles. The van der Waals surface area contributed by atoms with Crippen LogP contribution in [-0.2, 0) is 5.41 Å². The van der Waals surface area contributed by atoms with Crippen molar-refractivity contribution in [2.45, 2.75) is 31.7 Å². The quantitative estimate of drug-likeness (QED) is 0.725. The maximum atomic E-state index is 2.55. The van der Waals surface area contributed by atoms with Gasteiger partial charge in [0.1, 0.15) is 0 Å². The van der Waals surface area contributed by atoms with Crippen LogP contribution in [0.15, 0.2) is 72.8 Å². The molecule has 22 heavy (non-hydrogen) atoms. The van der Waals surface area contributed by atoms with Gasteiger partial charge in [-0.3, -0.25) is 4.90 Å². The zero-order chi connectivity index (χ0) is 15.4. The van der Waals surface area contributed by atoms with Crippen molar-refractivity contribution in [1.82, 2.24) is 4.90 Å². The molecule has 0 aromatic heterocycles. The van der Waals surface area contributed by atoms with Gasteiger partial charge >= 0.3 is 0 Å². The van der Waals surface area contributed by atoms with Crippen LogP contribution in [0.2, 0.25) is 0 Å². The summed E-state index contributed by atoms with van der Waals surface area (Å²) in [6.07, 6.45) is 5.97. The van der Waals surface area contributed by atoms with Crippen LogP contribution < -0.4 is 0 Å². The highest BCUT2D eigenvalue weighted by atomic mass is 15.1. The lowest BCUT2D eigenvalue weighted by atomic mass is 9.73. The second-order valence-electron chi connectivity index (χ2n) is 6.06. The molecule has 1 heteroatoms. The third kappa shape index (κ3) is 2.62. The summed E-state index contributed by atoms with van der Waals surface area (Å²) in [5, 5.41) is 0. The summed E-state index contributed by atoms with van der Waals surface area (Å²) in [6.45, 7) is 6.71. The highest BCUT2D eigenvalue weighted by Gasteiger charge is 2.39. The fourth-order valence-corrected chi connectivity index (χ4v) is 3.75. The molecule has 3 rings (SSSR count). The molecule has 0 saturated carbocycles. The Bertz CT molecular complexity index is 571. The third-order valence-corrected chi connectivity index (χ3v) is 4.99. The largest absolute Gasteiger partial charge is 0.297 e. The van der Waals surface area contributed by atoms with Crippen molar-refractivity contribution < 1.29 is 0 Å². The number of likely N-dealkylation sites (N-methyl/N-ethyl adjacent to an activating group) is 1. The Morgan fingerprint density at radius 1 is 0.864 bits per heavy atom. The summed E-state index contributed by atoms with van der Waals surface area (Å²) in [5.74, 6) is 0.